The average Bonchev–Trinajstić information content (AvgIpc) is 2.39. The van der Waals surface area contributed by atoms with Crippen molar-refractivity contribution < 1.29 is 13.2 Å². The molecule has 0 unspecified atom stereocenters. The first kappa shape index (κ1) is 13.8. The average molecular weight is 300 g/mol. The Hall–Kier alpha value is -1.62. The Labute approximate surface area is 115 Å². The van der Waals surface area contributed by atoms with Crippen molar-refractivity contribution in [2.24, 2.45) is 0 Å². The van der Waals surface area contributed by atoms with Crippen molar-refractivity contribution >= 4 is 27.5 Å². The molecule has 1 aromatic rings. The number of piperazine rings is 1. The van der Waals surface area contributed by atoms with Crippen LogP contribution in [0.5, 0.6) is 0 Å². The number of benzene rings is 1. The van der Waals surface area contributed by atoms with Gasteiger partial charge in [0.05, 0.1) is 23.2 Å². The van der Waals surface area contributed by atoms with E-state index in [0.717, 1.165) is 4.31 Å². The summed E-state index contributed by atoms with van der Waals surface area (Å²) in [6, 6.07) is 5.86. The monoisotopic (exact) mass is 299 g/mol. The fraction of sp³-hybridized carbons (Fsp3) is 0.273. The van der Waals surface area contributed by atoms with Gasteiger partial charge in [-0.2, -0.15) is 9.57 Å². The topological polar surface area (TPSA) is 90.3 Å². The van der Waals surface area contributed by atoms with E-state index in [0.29, 0.717) is 0 Å². The molecule has 1 saturated heterocycles. The molecule has 1 aliphatic heterocycles. The maximum Gasteiger partial charge on any atom is 0.245 e. The van der Waals surface area contributed by atoms with Crippen LogP contribution in [0, 0.1) is 11.3 Å². The van der Waals surface area contributed by atoms with Crippen molar-refractivity contribution in [3.63, 3.8) is 0 Å². The summed E-state index contributed by atoms with van der Waals surface area (Å²) in [5.74, 6) is -0.359. The number of amides is 1. The summed E-state index contributed by atoms with van der Waals surface area (Å²) in [6.45, 7) is 0.199. The van der Waals surface area contributed by atoms with Crippen LogP contribution < -0.4 is 5.32 Å². The predicted octanol–water partition coefficient (Wildman–Crippen LogP) is 0.332. The van der Waals surface area contributed by atoms with E-state index in [2.05, 4.69) is 5.32 Å². The zero-order valence-corrected chi connectivity index (χ0v) is 11.3. The minimum absolute atomic E-state index is 0.0324. The van der Waals surface area contributed by atoms with Crippen molar-refractivity contribution in [2.75, 3.05) is 19.6 Å². The Bertz CT molecular complexity index is 666. The molecule has 1 aliphatic rings. The number of halogens is 1. The number of nitrogens with one attached hydrogen (secondary N) is 1. The fourth-order valence-electron chi connectivity index (χ4n) is 1.73. The van der Waals surface area contributed by atoms with Crippen LogP contribution in [0.1, 0.15) is 5.56 Å². The van der Waals surface area contributed by atoms with E-state index in [1.165, 1.54) is 18.2 Å². The summed E-state index contributed by atoms with van der Waals surface area (Å²) in [4.78, 5) is 11.1. The lowest BCUT2D eigenvalue weighted by atomic mass is 10.2. The highest BCUT2D eigenvalue weighted by atomic mass is 35.5. The standard InChI is InChI=1S/C11H10ClN3O3S/c12-9-2-1-8(6-13)5-10(9)19(17,18)15-4-3-14-11(16)7-15/h1-2,5H,3-4,7H2,(H,14,16). The molecule has 0 bridgehead atoms. The SMILES string of the molecule is N#Cc1ccc(Cl)c(S(=O)(=O)N2CCNC(=O)C2)c1. The van der Waals surface area contributed by atoms with E-state index in [-0.39, 0.29) is 41.0 Å². The third kappa shape index (κ3) is 2.71. The summed E-state index contributed by atoms with van der Waals surface area (Å²) < 4.78 is 25.8. The van der Waals surface area contributed by atoms with Gasteiger partial charge in [-0.1, -0.05) is 11.6 Å². The summed E-state index contributed by atoms with van der Waals surface area (Å²) in [6.07, 6.45) is 0. The molecule has 0 radical (unpaired) electrons. The zero-order valence-electron chi connectivity index (χ0n) is 9.76. The molecule has 0 saturated carbocycles. The van der Waals surface area contributed by atoms with E-state index in [4.69, 9.17) is 16.9 Å². The molecule has 1 N–H and O–H groups in total. The molecule has 19 heavy (non-hydrogen) atoms. The summed E-state index contributed by atoms with van der Waals surface area (Å²) >= 11 is 5.88. The van der Waals surface area contributed by atoms with Gasteiger partial charge in [0, 0.05) is 13.1 Å². The van der Waals surface area contributed by atoms with Gasteiger partial charge in [-0.25, -0.2) is 8.42 Å². The van der Waals surface area contributed by atoms with Crippen molar-refractivity contribution in [1.29, 1.82) is 5.26 Å². The van der Waals surface area contributed by atoms with Gasteiger partial charge in [0.15, 0.2) is 0 Å². The lowest BCUT2D eigenvalue weighted by Crippen LogP contribution is -2.49. The number of carbonyl (C=O) groups is 1. The van der Waals surface area contributed by atoms with Crippen LogP contribution in [0.25, 0.3) is 0 Å². The van der Waals surface area contributed by atoms with Gasteiger partial charge in [0.25, 0.3) is 0 Å². The Morgan fingerprint density at radius 1 is 1.42 bits per heavy atom. The van der Waals surface area contributed by atoms with Gasteiger partial charge in [-0.05, 0) is 18.2 Å². The molecule has 2 rings (SSSR count). The normalized spacial score (nSPS) is 16.7. The van der Waals surface area contributed by atoms with Crippen molar-refractivity contribution in [1.82, 2.24) is 9.62 Å². The maximum atomic E-state index is 12.4. The highest BCUT2D eigenvalue weighted by Crippen LogP contribution is 2.25. The third-order valence-corrected chi connectivity index (χ3v) is 5.01. The lowest BCUT2D eigenvalue weighted by molar-refractivity contribution is -0.122. The van der Waals surface area contributed by atoms with Crippen molar-refractivity contribution in [2.45, 2.75) is 4.90 Å². The van der Waals surface area contributed by atoms with Crippen LogP contribution in [0.4, 0.5) is 0 Å². The predicted molar refractivity (Wildman–Crippen MR) is 67.9 cm³/mol. The van der Waals surface area contributed by atoms with E-state index >= 15 is 0 Å². The summed E-state index contributed by atoms with van der Waals surface area (Å²) in [5, 5.41) is 11.4. The minimum Gasteiger partial charge on any atom is -0.354 e. The van der Waals surface area contributed by atoms with Crippen molar-refractivity contribution in [3.8, 4) is 6.07 Å². The maximum absolute atomic E-state index is 12.4. The van der Waals surface area contributed by atoms with Crippen LogP contribution in [-0.4, -0.2) is 38.3 Å². The molecule has 1 fully saturated rings. The molecule has 100 valence electrons. The Kier molecular flexibility index (Phi) is 3.75. The van der Waals surface area contributed by atoms with Gasteiger partial charge in [0.2, 0.25) is 15.9 Å². The number of nitriles is 1. The van der Waals surface area contributed by atoms with Crippen LogP contribution >= 0.6 is 11.6 Å². The molecular formula is C11H10ClN3O3S. The molecule has 8 heteroatoms. The molecular weight excluding hydrogens is 290 g/mol. The number of sulfonamides is 1. The molecule has 6 nitrogen and oxygen atoms in total. The number of carbonyl (C=O) groups excluding carboxylic acids is 1. The van der Waals surface area contributed by atoms with Gasteiger partial charge in [-0.15, -0.1) is 0 Å². The highest BCUT2D eigenvalue weighted by molar-refractivity contribution is 7.89. The molecule has 1 heterocycles. The number of hydrogen-bond acceptors (Lipinski definition) is 4. The second kappa shape index (κ2) is 5.17. The van der Waals surface area contributed by atoms with E-state index in [1.807, 2.05) is 6.07 Å². The lowest BCUT2D eigenvalue weighted by Gasteiger charge is -2.26. The van der Waals surface area contributed by atoms with Crippen LogP contribution in [0.3, 0.4) is 0 Å². The Balaban J connectivity index is 2.44. The number of nitrogens with zero attached hydrogens (tertiary/aromatic N) is 2. The number of rotatable bonds is 2. The quantitative estimate of drug-likeness (QED) is 0.852. The van der Waals surface area contributed by atoms with Gasteiger partial charge < -0.3 is 5.32 Å². The second-order valence-corrected chi connectivity index (χ2v) is 6.26. The molecule has 1 aromatic carbocycles. The fourth-order valence-corrected chi connectivity index (χ4v) is 3.63. The van der Waals surface area contributed by atoms with E-state index in [9.17, 15) is 13.2 Å². The second-order valence-electron chi connectivity index (χ2n) is 3.95. The molecule has 0 aliphatic carbocycles. The highest BCUT2D eigenvalue weighted by Gasteiger charge is 2.30. The minimum atomic E-state index is -3.87. The first-order valence-electron chi connectivity index (χ1n) is 5.41. The molecule has 0 aromatic heterocycles. The summed E-state index contributed by atoms with van der Waals surface area (Å²) in [7, 11) is -3.87. The molecule has 0 spiro atoms. The molecule has 0 atom stereocenters. The largest absolute Gasteiger partial charge is 0.354 e. The first-order chi connectivity index (χ1) is 8.95. The van der Waals surface area contributed by atoms with E-state index < -0.39 is 10.0 Å². The summed E-state index contributed by atoms with van der Waals surface area (Å²) in [5.41, 5.74) is 0.199. The van der Waals surface area contributed by atoms with Crippen LogP contribution in [0.2, 0.25) is 5.02 Å². The number of hydrogen-bond donors (Lipinski definition) is 1. The van der Waals surface area contributed by atoms with E-state index in [1.54, 1.807) is 0 Å². The Morgan fingerprint density at radius 3 is 2.79 bits per heavy atom. The van der Waals surface area contributed by atoms with Crippen molar-refractivity contribution in [3.05, 3.63) is 28.8 Å². The first-order valence-corrected chi connectivity index (χ1v) is 7.23. The smallest absolute Gasteiger partial charge is 0.245 e. The van der Waals surface area contributed by atoms with Crippen LogP contribution in [0.15, 0.2) is 23.1 Å². The zero-order chi connectivity index (χ0) is 14.0. The molecule has 1 amide bonds. The van der Waals surface area contributed by atoms with Crippen LogP contribution in [-0.2, 0) is 14.8 Å². The van der Waals surface area contributed by atoms with Gasteiger partial charge in [0.1, 0.15) is 4.90 Å². The van der Waals surface area contributed by atoms with Gasteiger partial charge in [-0.3, -0.25) is 4.79 Å². The van der Waals surface area contributed by atoms with Gasteiger partial charge >= 0.3 is 0 Å². The Morgan fingerprint density at radius 2 is 2.16 bits per heavy atom. The third-order valence-electron chi connectivity index (χ3n) is 2.68.